The highest BCUT2D eigenvalue weighted by atomic mass is 32.2. The first-order valence-electron chi connectivity index (χ1n) is 11.4. The van der Waals surface area contributed by atoms with Gasteiger partial charge in [0.1, 0.15) is 11.6 Å². The first kappa shape index (κ1) is 23.1. The van der Waals surface area contributed by atoms with Gasteiger partial charge in [0.25, 0.3) is 0 Å². The Morgan fingerprint density at radius 1 is 1.09 bits per heavy atom. The summed E-state index contributed by atoms with van der Waals surface area (Å²) in [4.78, 5) is 20.9. The van der Waals surface area contributed by atoms with Gasteiger partial charge in [0.05, 0.1) is 29.0 Å². The number of amides is 1. The predicted molar refractivity (Wildman–Crippen MR) is 135 cm³/mol. The van der Waals surface area contributed by atoms with E-state index >= 15 is 0 Å². The van der Waals surface area contributed by atoms with Crippen molar-refractivity contribution in [2.45, 2.75) is 17.7 Å². The molecule has 8 nitrogen and oxygen atoms in total. The van der Waals surface area contributed by atoms with Gasteiger partial charge in [-0.3, -0.25) is 4.79 Å². The number of H-pyrrole nitrogens is 1. The predicted octanol–water partition coefficient (Wildman–Crippen LogP) is 4.28. The van der Waals surface area contributed by atoms with E-state index in [0.717, 1.165) is 5.56 Å². The average molecular weight is 491 g/mol. The zero-order valence-corrected chi connectivity index (χ0v) is 20.1. The molecule has 0 spiro atoms. The Morgan fingerprint density at radius 3 is 2.60 bits per heavy atom. The largest absolute Gasteiger partial charge is 0.497 e. The van der Waals surface area contributed by atoms with E-state index in [4.69, 9.17) is 4.74 Å². The van der Waals surface area contributed by atoms with Crippen LogP contribution in [-0.4, -0.2) is 48.8 Å². The second-order valence-electron chi connectivity index (χ2n) is 8.55. The highest BCUT2D eigenvalue weighted by Crippen LogP contribution is 2.28. The number of carbonyl (C=O) groups excluding carboxylic acids is 1. The van der Waals surface area contributed by atoms with Crippen LogP contribution in [0.25, 0.3) is 22.4 Å². The summed E-state index contributed by atoms with van der Waals surface area (Å²) >= 11 is 0. The molecule has 1 fully saturated rings. The number of sulfonamides is 1. The zero-order valence-electron chi connectivity index (χ0n) is 19.3. The highest BCUT2D eigenvalue weighted by Gasteiger charge is 2.33. The van der Waals surface area contributed by atoms with Crippen LogP contribution in [0, 0.1) is 5.92 Å². The van der Waals surface area contributed by atoms with E-state index in [-0.39, 0.29) is 17.3 Å². The second kappa shape index (κ2) is 9.52. The molecule has 35 heavy (non-hydrogen) atoms. The summed E-state index contributed by atoms with van der Waals surface area (Å²) in [5.74, 6) is 0.763. The molecule has 0 radical (unpaired) electrons. The van der Waals surface area contributed by atoms with Crippen molar-refractivity contribution < 1.29 is 17.9 Å². The summed E-state index contributed by atoms with van der Waals surface area (Å²) in [6.07, 6.45) is 1.25. The van der Waals surface area contributed by atoms with Crippen molar-refractivity contribution in [2.75, 3.05) is 25.5 Å². The van der Waals surface area contributed by atoms with E-state index in [0.29, 0.717) is 47.7 Å². The van der Waals surface area contributed by atoms with E-state index in [9.17, 15) is 13.2 Å². The number of aromatic amines is 1. The van der Waals surface area contributed by atoms with Crippen LogP contribution < -0.4 is 10.1 Å². The quantitative estimate of drug-likeness (QED) is 0.420. The van der Waals surface area contributed by atoms with E-state index in [2.05, 4.69) is 15.3 Å². The lowest BCUT2D eigenvalue weighted by Crippen LogP contribution is -2.43. The number of carbonyl (C=O) groups is 1. The fraction of sp³-hybridized carbons (Fsp3) is 0.231. The number of rotatable bonds is 6. The molecule has 1 atom stereocenters. The first-order valence-corrected chi connectivity index (χ1v) is 12.9. The standard InChI is InChI=1S/C26H26N4O4S/c1-34-21-11-9-20(10-12-21)27-26(31)19-8-5-15-30(17-19)35(32,33)22-13-14-23-24(16-22)29-25(28-23)18-6-3-2-4-7-18/h2-4,6-7,9-14,16,19H,5,8,15,17H2,1H3,(H,27,31)(H,28,29)/t19-/m1/s1. The van der Waals surface area contributed by atoms with Crippen molar-refractivity contribution >= 4 is 32.7 Å². The summed E-state index contributed by atoms with van der Waals surface area (Å²) in [6, 6.07) is 21.6. The van der Waals surface area contributed by atoms with Crippen molar-refractivity contribution in [1.82, 2.24) is 14.3 Å². The maximum Gasteiger partial charge on any atom is 0.243 e. The summed E-state index contributed by atoms with van der Waals surface area (Å²) in [5.41, 5.74) is 2.92. The molecule has 1 aliphatic rings. The monoisotopic (exact) mass is 490 g/mol. The number of nitrogens with zero attached hydrogens (tertiary/aromatic N) is 2. The van der Waals surface area contributed by atoms with Crippen molar-refractivity contribution in [1.29, 1.82) is 0 Å². The number of hydrogen-bond acceptors (Lipinski definition) is 5. The maximum atomic E-state index is 13.5. The van der Waals surface area contributed by atoms with Crippen LogP contribution in [0.2, 0.25) is 0 Å². The van der Waals surface area contributed by atoms with Crippen LogP contribution in [0.5, 0.6) is 5.75 Å². The van der Waals surface area contributed by atoms with E-state index in [1.54, 1.807) is 49.6 Å². The van der Waals surface area contributed by atoms with Gasteiger partial charge < -0.3 is 15.0 Å². The summed E-state index contributed by atoms with van der Waals surface area (Å²) in [6.45, 7) is 0.519. The van der Waals surface area contributed by atoms with Gasteiger partial charge in [0.2, 0.25) is 15.9 Å². The molecule has 1 saturated heterocycles. The van der Waals surface area contributed by atoms with Gasteiger partial charge in [0.15, 0.2) is 0 Å². The van der Waals surface area contributed by atoms with Crippen LogP contribution >= 0.6 is 0 Å². The molecular weight excluding hydrogens is 464 g/mol. The third-order valence-corrected chi connectivity index (χ3v) is 8.11. The van der Waals surface area contributed by atoms with E-state index in [1.807, 2.05) is 30.3 Å². The fourth-order valence-electron chi connectivity index (χ4n) is 4.32. The fourth-order valence-corrected chi connectivity index (χ4v) is 5.87. The number of benzene rings is 3. The Kier molecular flexibility index (Phi) is 6.27. The third-order valence-electron chi connectivity index (χ3n) is 6.25. The molecule has 2 N–H and O–H groups in total. The molecule has 0 unspecified atom stereocenters. The van der Waals surface area contributed by atoms with Crippen molar-refractivity contribution in [3.8, 4) is 17.1 Å². The average Bonchev–Trinajstić information content (AvgIpc) is 3.33. The lowest BCUT2D eigenvalue weighted by atomic mass is 9.99. The molecule has 0 saturated carbocycles. The lowest BCUT2D eigenvalue weighted by molar-refractivity contribution is -0.120. The molecular formula is C26H26N4O4S. The molecule has 0 bridgehead atoms. The van der Waals surface area contributed by atoms with Crippen LogP contribution in [-0.2, 0) is 14.8 Å². The second-order valence-corrected chi connectivity index (χ2v) is 10.5. The number of fused-ring (bicyclic) bond motifs is 1. The Morgan fingerprint density at radius 2 is 1.86 bits per heavy atom. The molecule has 1 aliphatic heterocycles. The molecule has 9 heteroatoms. The van der Waals surface area contributed by atoms with Crippen molar-refractivity contribution in [2.24, 2.45) is 5.92 Å². The van der Waals surface area contributed by atoms with Gasteiger partial charge in [0, 0.05) is 24.3 Å². The van der Waals surface area contributed by atoms with Crippen molar-refractivity contribution in [3.05, 3.63) is 72.8 Å². The number of ether oxygens (including phenoxy) is 1. The maximum absolute atomic E-state index is 13.5. The number of aromatic nitrogens is 2. The van der Waals surface area contributed by atoms with Crippen LogP contribution in [0.1, 0.15) is 12.8 Å². The number of hydrogen-bond donors (Lipinski definition) is 2. The number of imidazole rings is 1. The van der Waals surface area contributed by atoms with Gasteiger partial charge in [-0.25, -0.2) is 13.4 Å². The van der Waals surface area contributed by atoms with Gasteiger partial charge >= 0.3 is 0 Å². The summed E-state index contributed by atoms with van der Waals surface area (Å²) < 4.78 is 33.5. The minimum atomic E-state index is -3.77. The van der Waals surface area contributed by atoms with E-state index in [1.165, 1.54) is 4.31 Å². The minimum absolute atomic E-state index is 0.139. The molecule has 2 heterocycles. The summed E-state index contributed by atoms with van der Waals surface area (Å²) in [5, 5.41) is 2.89. The zero-order chi connectivity index (χ0) is 24.4. The van der Waals surface area contributed by atoms with Crippen LogP contribution in [0.3, 0.4) is 0 Å². The van der Waals surface area contributed by atoms with Crippen molar-refractivity contribution in [3.63, 3.8) is 0 Å². The Hall–Kier alpha value is -3.69. The molecule has 1 aromatic heterocycles. The normalized spacial score (nSPS) is 16.8. The Labute approximate surface area is 204 Å². The minimum Gasteiger partial charge on any atom is -0.497 e. The van der Waals surface area contributed by atoms with Gasteiger partial charge in [-0.1, -0.05) is 30.3 Å². The topological polar surface area (TPSA) is 104 Å². The SMILES string of the molecule is COc1ccc(NC(=O)[C@@H]2CCCN(S(=O)(=O)c3ccc4nc(-c5ccccc5)[nH]c4c3)C2)cc1. The summed E-state index contributed by atoms with van der Waals surface area (Å²) in [7, 11) is -2.19. The molecule has 4 aromatic rings. The molecule has 180 valence electrons. The molecule has 0 aliphatic carbocycles. The molecule has 5 rings (SSSR count). The van der Waals surface area contributed by atoms with Crippen LogP contribution in [0.4, 0.5) is 5.69 Å². The smallest absolute Gasteiger partial charge is 0.243 e. The lowest BCUT2D eigenvalue weighted by Gasteiger charge is -2.31. The number of anilines is 1. The first-order chi connectivity index (χ1) is 16.9. The third kappa shape index (κ3) is 4.78. The Balaban J connectivity index is 1.33. The molecule has 1 amide bonds. The van der Waals surface area contributed by atoms with E-state index < -0.39 is 15.9 Å². The van der Waals surface area contributed by atoms with Gasteiger partial charge in [-0.05, 0) is 55.3 Å². The molecule has 3 aromatic carbocycles. The number of methoxy groups -OCH3 is 1. The van der Waals surface area contributed by atoms with Gasteiger partial charge in [-0.2, -0.15) is 4.31 Å². The number of piperidine rings is 1. The number of nitrogens with one attached hydrogen (secondary N) is 2. The Bertz CT molecular complexity index is 1450. The van der Waals surface area contributed by atoms with Crippen LogP contribution in [0.15, 0.2) is 77.7 Å². The van der Waals surface area contributed by atoms with Gasteiger partial charge in [-0.15, -0.1) is 0 Å². The highest BCUT2D eigenvalue weighted by molar-refractivity contribution is 7.89.